The highest BCUT2D eigenvalue weighted by Gasteiger charge is 2.24. The fourth-order valence-corrected chi connectivity index (χ4v) is 3.43. The molecule has 8 nitrogen and oxygen atoms in total. The molecule has 0 saturated carbocycles. The summed E-state index contributed by atoms with van der Waals surface area (Å²) in [5, 5.41) is 23.0. The second-order valence-corrected chi connectivity index (χ2v) is 6.18. The zero-order chi connectivity index (χ0) is 17.2. The normalized spacial score (nSPS) is 17.6. The molecule has 0 spiro atoms. The number of H-pyrrole nitrogens is 1. The van der Waals surface area contributed by atoms with Gasteiger partial charge >= 0.3 is 0 Å². The molecular formula is C17H17N7O. The van der Waals surface area contributed by atoms with Gasteiger partial charge in [0.1, 0.15) is 12.1 Å². The lowest BCUT2D eigenvalue weighted by Crippen LogP contribution is -2.48. The summed E-state index contributed by atoms with van der Waals surface area (Å²) in [6.07, 6.45) is 7.10. The van der Waals surface area contributed by atoms with Crippen LogP contribution in [0.5, 0.6) is 0 Å². The third kappa shape index (κ3) is 2.85. The van der Waals surface area contributed by atoms with E-state index >= 15 is 0 Å². The fraction of sp³-hybridized carbons (Fsp3) is 0.353. The van der Waals surface area contributed by atoms with Crippen molar-refractivity contribution in [1.29, 1.82) is 5.26 Å². The van der Waals surface area contributed by atoms with Gasteiger partial charge in [0.15, 0.2) is 5.82 Å². The Hall–Kier alpha value is -3.21. The molecule has 0 bridgehead atoms. The average molecular weight is 335 g/mol. The molecule has 4 heterocycles. The topological polar surface area (TPSA) is 111 Å². The number of fused-ring (bicyclic) bond motifs is 3. The Labute approximate surface area is 143 Å². The number of hydrogen-bond acceptors (Lipinski definition) is 6. The Kier molecular flexibility index (Phi) is 3.90. The smallest absolute Gasteiger partial charge is 0.234 e. The van der Waals surface area contributed by atoms with Crippen LogP contribution in [-0.2, 0) is 4.79 Å². The van der Waals surface area contributed by atoms with Crippen LogP contribution in [0.4, 0.5) is 5.82 Å². The zero-order valence-corrected chi connectivity index (χ0v) is 13.6. The molecule has 1 saturated heterocycles. The van der Waals surface area contributed by atoms with Crippen LogP contribution in [-0.4, -0.2) is 45.2 Å². The monoisotopic (exact) mass is 335 g/mol. The first-order chi connectivity index (χ1) is 12.3. The Morgan fingerprint density at radius 1 is 1.48 bits per heavy atom. The van der Waals surface area contributed by atoms with E-state index in [-0.39, 0.29) is 18.4 Å². The lowest BCUT2D eigenvalue weighted by Gasteiger charge is -2.34. The average Bonchev–Trinajstić information content (AvgIpc) is 3.10. The van der Waals surface area contributed by atoms with Crippen LogP contribution in [0.25, 0.3) is 21.8 Å². The lowest BCUT2D eigenvalue weighted by molar-refractivity contribution is -0.120. The molecule has 1 aliphatic heterocycles. The summed E-state index contributed by atoms with van der Waals surface area (Å²) in [5.41, 5.74) is 0.817. The number of hydrogen-bond donors (Lipinski definition) is 2. The molecule has 8 heteroatoms. The number of amides is 1. The van der Waals surface area contributed by atoms with E-state index in [1.165, 1.54) is 0 Å². The van der Waals surface area contributed by atoms with Crippen molar-refractivity contribution in [2.45, 2.75) is 25.3 Å². The maximum Gasteiger partial charge on any atom is 0.234 e. The number of carbonyl (C=O) groups excluding carboxylic acids is 1. The molecule has 3 aromatic heterocycles. The maximum atomic E-state index is 11.7. The van der Waals surface area contributed by atoms with Gasteiger partial charge in [0.05, 0.1) is 12.3 Å². The van der Waals surface area contributed by atoms with E-state index in [4.69, 9.17) is 5.26 Å². The molecule has 1 amide bonds. The standard InChI is InChI=1S/C17H17N7O/c18-5-3-14(25)22-12-2-1-7-24(10-12)17-15-11(9-21-23-17)8-20-16-13(15)4-6-19-16/h4,6,8-9,12H,1-3,7,10H2,(H,19,20)(H,22,25). The molecule has 4 rings (SSSR count). The molecule has 3 aromatic rings. The predicted octanol–water partition coefficient (Wildman–Crippen LogP) is 1.50. The molecule has 25 heavy (non-hydrogen) atoms. The van der Waals surface area contributed by atoms with Crippen molar-refractivity contribution in [3.63, 3.8) is 0 Å². The summed E-state index contributed by atoms with van der Waals surface area (Å²) in [6.45, 7) is 1.51. The van der Waals surface area contributed by atoms with Gasteiger partial charge in [-0.05, 0) is 18.9 Å². The van der Waals surface area contributed by atoms with E-state index in [0.29, 0.717) is 6.54 Å². The van der Waals surface area contributed by atoms with Gasteiger partial charge in [-0.3, -0.25) is 4.79 Å². The molecule has 126 valence electrons. The second-order valence-electron chi connectivity index (χ2n) is 6.18. The van der Waals surface area contributed by atoms with Crippen LogP contribution in [0.3, 0.4) is 0 Å². The Morgan fingerprint density at radius 2 is 2.40 bits per heavy atom. The van der Waals surface area contributed by atoms with Crippen LogP contribution in [0.1, 0.15) is 19.3 Å². The summed E-state index contributed by atoms with van der Waals surface area (Å²) < 4.78 is 0. The van der Waals surface area contributed by atoms with E-state index < -0.39 is 0 Å². The van der Waals surface area contributed by atoms with Gasteiger partial charge in [0, 0.05) is 47.7 Å². The summed E-state index contributed by atoms with van der Waals surface area (Å²) >= 11 is 0. The van der Waals surface area contributed by atoms with E-state index in [0.717, 1.165) is 47.0 Å². The van der Waals surface area contributed by atoms with Gasteiger partial charge < -0.3 is 15.2 Å². The van der Waals surface area contributed by atoms with Gasteiger partial charge in [-0.25, -0.2) is 4.98 Å². The molecule has 0 aliphatic carbocycles. The molecule has 0 radical (unpaired) electrons. The Morgan fingerprint density at radius 3 is 3.28 bits per heavy atom. The lowest BCUT2D eigenvalue weighted by atomic mass is 10.0. The fourth-order valence-electron chi connectivity index (χ4n) is 3.43. The Bertz CT molecular complexity index is 974. The van der Waals surface area contributed by atoms with Crippen molar-refractivity contribution in [3.05, 3.63) is 24.7 Å². The van der Waals surface area contributed by atoms with E-state index in [9.17, 15) is 4.79 Å². The van der Waals surface area contributed by atoms with Crippen molar-refractivity contribution in [2.75, 3.05) is 18.0 Å². The summed E-state index contributed by atoms with van der Waals surface area (Å²) in [6, 6.07) is 3.88. The molecule has 1 atom stereocenters. The number of aromatic amines is 1. The van der Waals surface area contributed by atoms with Crippen molar-refractivity contribution < 1.29 is 4.79 Å². The summed E-state index contributed by atoms with van der Waals surface area (Å²) in [7, 11) is 0. The molecule has 0 aromatic carbocycles. The van der Waals surface area contributed by atoms with Gasteiger partial charge in [-0.1, -0.05) is 0 Å². The minimum Gasteiger partial charge on any atom is -0.353 e. The third-order valence-electron chi connectivity index (χ3n) is 4.51. The number of nitriles is 1. The first-order valence-corrected chi connectivity index (χ1v) is 8.25. The second kappa shape index (κ2) is 6.36. The highest BCUT2D eigenvalue weighted by atomic mass is 16.1. The van der Waals surface area contributed by atoms with Crippen LogP contribution < -0.4 is 10.2 Å². The minimum absolute atomic E-state index is 0.00945. The number of carbonyl (C=O) groups is 1. The van der Waals surface area contributed by atoms with E-state index in [2.05, 4.69) is 30.4 Å². The van der Waals surface area contributed by atoms with E-state index in [1.807, 2.05) is 18.3 Å². The number of nitrogens with zero attached hydrogens (tertiary/aromatic N) is 5. The van der Waals surface area contributed by atoms with Gasteiger partial charge in [-0.2, -0.15) is 10.4 Å². The third-order valence-corrected chi connectivity index (χ3v) is 4.51. The van der Waals surface area contributed by atoms with Crippen LogP contribution in [0.2, 0.25) is 0 Å². The molecule has 2 N–H and O–H groups in total. The first kappa shape index (κ1) is 15.3. The summed E-state index contributed by atoms with van der Waals surface area (Å²) in [4.78, 5) is 21.4. The van der Waals surface area contributed by atoms with Crippen molar-refractivity contribution >= 4 is 33.5 Å². The minimum atomic E-state index is -0.226. The molecular weight excluding hydrogens is 318 g/mol. The van der Waals surface area contributed by atoms with E-state index in [1.54, 1.807) is 12.4 Å². The Balaban J connectivity index is 1.68. The van der Waals surface area contributed by atoms with Gasteiger partial charge in [-0.15, -0.1) is 5.10 Å². The molecule has 1 fully saturated rings. The number of pyridine rings is 1. The quantitative estimate of drug-likeness (QED) is 0.750. The van der Waals surface area contributed by atoms with Gasteiger partial charge in [0.2, 0.25) is 5.91 Å². The highest BCUT2D eigenvalue weighted by molar-refractivity contribution is 6.09. The van der Waals surface area contributed by atoms with Gasteiger partial charge in [0.25, 0.3) is 0 Å². The number of rotatable bonds is 3. The SMILES string of the molecule is N#CCC(=O)NC1CCCN(c2nncc3cnc4[nH]ccc4c23)C1. The molecule has 1 unspecified atom stereocenters. The molecule has 1 aliphatic rings. The first-order valence-electron chi connectivity index (χ1n) is 8.25. The van der Waals surface area contributed by atoms with Crippen LogP contribution in [0.15, 0.2) is 24.7 Å². The number of aromatic nitrogens is 4. The van der Waals surface area contributed by atoms with Crippen LogP contribution >= 0.6 is 0 Å². The highest BCUT2D eigenvalue weighted by Crippen LogP contribution is 2.31. The zero-order valence-electron chi connectivity index (χ0n) is 13.6. The van der Waals surface area contributed by atoms with Crippen LogP contribution in [0, 0.1) is 11.3 Å². The maximum absolute atomic E-state index is 11.7. The number of anilines is 1. The van der Waals surface area contributed by atoms with Crippen molar-refractivity contribution in [1.82, 2.24) is 25.5 Å². The number of piperidine rings is 1. The largest absolute Gasteiger partial charge is 0.353 e. The van der Waals surface area contributed by atoms with Crippen molar-refractivity contribution in [3.8, 4) is 6.07 Å². The predicted molar refractivity (Wildman–Crippen MR) is 92.8 cm³/mol. The summed E-state index contributed by atoms with van der Waals surface area (Å²) in [5.74, 6) is 0.583. The van der Waals surface area contributed by atoms with Crippen molar-refractivity contribution in [2.24, 2.45) is 0 Å². The number of nitrogens with one attached hydrogen (secondary N) is 2.